The van der Waals surface area contributed by atoms with Gasteiger partial charge < -0.3 is 24.8 Å². The lowest BCUT2D eigenvalue weighted by molar-refractivity contribution is -0.326. The van der Waals surface area contributed by atoms with Crippen molar-refractivity contribution in [3.05, 3.63) is 11.5 Å². The molecule has 0 bridgehead atoms. The Balaban J connectivity index is 1.83. The van der Waals surface area contributed by atoms with Crippen molar-refractivity contribution < 1.29 is 29.6 Å². The van der Waals surface area contributed by atoms with Gasteiger partial charge in [0.25, 0.3) is 5.95 Å². The lowest BCUT2D eigenvalue weighted by Gasteiger charge is -2.69. The van der Waals surface area contributed by atoms with E-state index in [1.54, 1.807) is 0 Å². The third-order valence-electron chi connectivity index (χ3n) is 8.47. The van der Waals surface area contributed by atoms with Gasteiger partial charge in [-0.15, -0.1) is 0 Å². The molecule has 0 aromatic rings. The van der Waals surface area contributed by atoms with Crippen LogP contribution in [0.15, 0.2) is 11.5 Å². The molecule has 2 fully saturated rings. The van der Waals surface area contributed by atoms with Crippen molar-refractivity contribution in [1.82, 2.24) is 0 Å². The molecule has 0 aromatic carbocycles. The lowest BCUT2D eigenvalue weighted by atomic mass is 9.40. The Morgan fingerprint density at radius 1 is 1.04 bits per heavy atom. The maximum absolute atomic E-state index is 12.6. The summed E-state index contributed by atoms with van der Waals surface area (Å²) in [7, 11) is 0. The molecule has 0 unspecified atom stereocenters. The summed E-state index contributed by atoms with van der Waals surface area (Å²) in [4.78, 5) is 12.6. The molecule has 0 radical (unpaired) electrons. The third kappa shape index (κ3) is 2.21. The summed E-state index contributed by atoms with van der Waals surface area (Å²) in [5, 5.41) is 33.6. The van der Waals surface area contributed by atoms with Crippen LogP contribution >= 0.6 is 0 Å². The van der Waals surface area contributed by atoms with Crippen LogP contribution in [0.4, 0.5) is 0 Å². The van der Waals surface area contributed by atoms with Crippen molar-refractivity contribution in [2.45, 2.75) is 96.2 Å². The van der Waals surface area contributed by atoms with Gasteiger partial charge in [0.2, 0.25) is 0 Å². The van der Waals surface area contributed by atoms with E-state index >= 15 is 0 Å². The summed E-state index contributed by atoms with van der Waals surface area (Å²) in [6, 6.07) is 0. The number of carbonyl (C=O) groups is 1. The highest BCUT2D eigenvalue weighted by Gasteiger charge is 2.73. The van der Waals surface area contributed by atoms with E-state index in [0.29, 0.717) is 37.2 Å². The number of hydrogen-bond donors (Lipinski definition) is 3. The maximum atomic E-state index is 12.6. The summed E-state index contributed by atoms with van der Waals surface area (Å²) in [5.41, 5.74) is -3.06. The number of aliphatic hydroxyl groups excluding tert-OH is 2. The van der Waals surface area contributed by atoms with Gasteiger partial charge in [-0.3, -0.25) is 4.79 Å². The van der Waals surface area contributed by atoms with E-state index in [0.717, 1.165) is 0 Å². The van der Waals surface area contributed by atoms with Crippen LogP contribution in [0.2, 0.25) is 0 Å². The first kappa shape index (κ1) is 19.2. The molecule has 7 atom stereocenters. The molecule has 2 heterocycles. The number of hydrogen-bond acceptors (Lipinski definition) is 6. The van der Waals surface area contributed by atoms with Crippen molar-refractivity contribution >= 4 is 5.78 Å². The van der Waals surface area contributed by atoms with Gasteiger partial charge in [-0.2, -0.15) is 0 Å². The van der Waals surface area contributed by atoms with Gasteiger partial charge in [0.15, 0.2) is 5.78 Å². The fourth-order valence-corrected chi connectivity index (χ4v) is 6.39. The summed E-state index contributed by atoms with van der Waals surface area (Å²) >= 11 is 0. The molecule has 27 heavy (non-hydrogen) atoms. The van der Waals surface area contributed by atoms with Crippen LogP contribution in [0, 0.1) is 16.7 Å². The molecule has 0 amide bonds. The van der Waals surface area contributed by atoms with Gasteiger partial charge in [0, 0.05) is 29.6 Å². The highest BCUT2D eigenvalue weighted by atomic mass is 16.7. The van der Waals surface area contributed by atoms with E-state index in [1.807, 2.05) is 34.6 Å². The Labute approximate surface area is 160 Å². The van der Waals surface area contributed by atoms with E-state index in [2.05, 4.69) is 0 Å². The largest absolute Gasteiger partial charge is 0.462 e. The number of allylic oxidation sites excluding steroid dienone is 1. The van der Waals surface area contributed by atoms with Gasteiger partial charge in [-0.25, -0.2) is 0 Å². The second-order valence-electron chi connectivity index (χ2n) is 10.1. The molecule has 6 nitrogen and oxygen atoms in total. The van der Waals surface area contributed by atoms with Crippen molar-refractivity contribution in [1.29, 1.82) is 0 Å². The standard InChI is InChI=1S/C21H32O6/c1-11-8-13(22)12-9-14-19(4,27-17(12)26-11)6-7-21(25)18(2,3)15(23)10-16(24)20(14,21)5/h11,14-16,23-25H,6-10H2,1-5H3/t11-,14-,15-,16+,19-,20+,21+/m1/s1. The first-order valence-electron chi connectivity index (χ1n) is 10.1. The Morgan fingerprint density at radius 2 is 1.70 bits per heavy atom. The SMILES string of the molecule is C[C@@H]1CC(=O)C2=C(O1)O[C@]1(C)CC[C@]3(O)C(C)(C)[C@H](O)C[C@H](O)[C@]3(C)[C@@H]1C2. The zero-order chi connectivity index (χ0) is 20.0. The predicted molar refractivity (Wildman–Crippen MR) is 97.5 cm³/mol. The fraction of sp³-hybridized carbons (Fsp3) is 0.857. The van der Waals surface area contributed by atoms with Crippen LogP contribution in [0.5, 0.6) is 0 Å². The molecular weight excluding hydrogens is 348 g/mol. The quantitative estimate of drug-likeness (QED) is 0.595. The smallest absolute Gasteiger partial charge is 0.286 e. The lowest BCUT2D eigenvalue weighted by Crippen LogP contribution is -2.76. The molecule has 4 aliphatic rings. The van der Waals surface area contributed by atoms with E-state index in [-0.39, 0.29) is 24.2 Å². The minimum absolute atomic E-state index is 0.0214. The van der Waals surface area contributed by atoms with E-state index in [1.165, 1.54) is 0 Å². The Morgan fingerprint density at radius 3 is 2.37 bits per heavy atom. The fourth-order valence-electron chi connectivity index (χ4n) is 6.39. The minimum atomic E-state index is -1.27. The maximum Gasteiger partial charge on any atom is 0.286 e. The highest BCUT2D eigenvalue weighted by Crippen LogP contribution is 2.67. The van der Waals surface area contributed by atoms with Crippen LogP contribution in [-0.4, -0.2) is 50.6 Å². The van der Waals surface area contributed by atoms with Gasteiger partial charge in [0.05, 0.1) is 23.4 Å². The highest BCUT2D eigenvalue weighted by molar-refractivity contribution is 5.96. The molecule has 2 aliphatic heterocycles. The Kier molecular flexibility index (Phi) is 3.90. The molecule has 2 saturated carbocycles. The zero-order valence-corrected chi connectivity index (χ0v) is 16.9. The summed E-state index contributed by atoms with van der Waals surface area (Å²) in [5.74, 6) is 0.0921. The Bertz CT molecular complexity index is 713. The first-order valence-corrected chi connectivity index (χ1v) is 10.1. The van der Waals surface area contributed by atoms with Crippen molar-refractivity contribution in [2.75, 3.05) is 0 Å². The molecule has 6 heteroatoms. The van der Waals surface area contributed by atoms with Gasteiger partial charge in [-0.05, 0) is 33.1 Å². The normalized spacial score (nSPS) is 51.5. The van der Waals surface area contributed by atoms with Crippen molar-refractivity contribution in [3.63, 3.8) is 0 Å². The predicted octanol–water partition coefficient (Wildman–Crippen LogP) is 2.05. The van der Waals surface area contributed by atoms with Crippen LogP contribution in [0.1, 0.15) is 66.7 Å². The van der Waals surface area contributed by atoms with Crippen LogP contribution in [0.3, 0.4) is 0 Å². The average molecular weight is 380 g/mol. The number of Topliss-reactive ketones (excluding diaryl/α,β-unsaturated/α-hetero) is 1. The number of ether oxygens (including phenoxy) is 2. The number of aliphatic hydroxyl groups is 3. The average Bonchev–Trinajstić information content (AvgIpc) is 2.56. The van der Waals surface area contributed by atoms with Gasteiger partial charge in [0.1, 0.15) is 11.7 Å². The topological polar surface area (TPSA) is 96.2 Å². The van der Waals surface area contributed by atoms with Crippen LogP contribution in [-0.2, 0) is 14.3 Å². The summed E-state index contributed by atoms with van der Waals surface area (Å²) in [6.45, 7) is 9.49. The molecule has 152 valence electrons. The summed E-state index contributed by atoms with van der Waals surface area (Å²) in [6.07, 6.45) is 0.0138. The molecule has 3 N–H and O–H groups in total. The van der Waals surface area contributed by atoms with E-state index in [4.69, 9.17) is 9.47 Å². The molecule has 4 rings (SSSR count). The number of rotatable bonds is 0. The third-order valence-corrected chi connectivity index (χ3v) is 8.47. The van der Waals surface area contributed by atoms with Crippen LogP contribution < -0.4 is 0 Å². The first-order chi connectivity index (χ1) is 12.4. The van der Waals surface area contributed by atoms with Crippen molar-refractivity contribution in [2.24, 2.45) is 16.7 Å². The zero-order valence-electron chi connectivity index (χ0n) is 16.9. The van der Waals surface area contributed by atoms with E-state index in [9.17, 15) is 20.1 Å². The minimum Gasteiger partial charge on any atom is -0.462 e. The number of ketones is 1. The van der Waals surface area contributed by atoms with Gasteiger partial charge >= 0.3 is 0 Å². The van der Waals surface area contributed by atoms with Gasteiger partial charge in [-0.1, -0.05) is 20.8 Å². The second kappa shape index (κ2) is 5.49. The molecule has 0 spiro atoms. The number of carbonyl (C=O) groups excluding carboxylic acids is 1. The number of fused-ring (bicyclic) bond motifs is 3. The molecular formula is C21H32O6. The molecule has 2 aliphatic carbocycles. The molecule has 0 saturated heterocycles. The second-order valence-corrected chi connectivity index (χ2v) is 10.1. The monoisotopic (exact) mass is 380 g/mol. The molecule has 0 aromatic heterocycles. The van der Waals surface area contributed by atoms with E-state index < -0.39 is 34.2 Å². The van der Waals surface area contributed by atoms with Crippen molar-refractivity contribution in [3.8, 4) is 0 Å². The summed E-state index contributed by atoms with van der Waals surface area (Å²) < 4.78 is 12.1. The Hall–Kier alpha value is -1.11. The van der Waals surface area contributed by atoms with Crippen LogP contribution in [0.25, 0.3) is 0 Å².